The molecule has 0 aromatic heterocycles. The van der Waals surface area contributed by atoms with Crippen LogP contribution >= 0.6 is 0 Å². The molecule has 3 aliphatic rings. The highest BCUT2D eigenvalue weighted by Gasteiger charge is 2.75. The van der Waals surface area contributed by atoms with Crippen molar-refractivity contribution in [3.63, 3.8) is 0 Å². The Hall–Kier alpha value is -2.79. The number of carbonyl (C=O) groups excluding carboxylic acids is 5. The number of ketones is 1. The summed E-state index contributed by atoms with van der Waals surface area (Å²) < 4.78 is 21.9. The van der Waals surface area contributed by atoms with Gasteiger partial charge >= 0.3 is 23.9 Å². The van der Waals surface area contributed by atoms with Gasteiger partial charge in [0, 0.05) is 26.7 Å². The zero-order chi connectivity index (χ0) is 25.8. The average molecular weight is 482 g/mol. The van der Waals surface area contributed by atoms with E-state index >= 15 is 0 Å². The quantitative estimate of drug-likeness (QED) is 0.409. The van der Waals surface area contributed by atoms with E-state index in [-0.39, 0.29) is 17.6 Å². The van der Waals surface area contributed by atoms with E-state index in [4.69, 9.17) is 18.9 Å². The molecular formula is C23H30O11. The smallest absolute Gasteiger partial charge is 0.341 e. The predicted molar refractivity (Wildman–Crippen MR) is 112 cm³/mol. The highest BCUT2D eigenvalue weighted by Crippen LogP contribution is 2.56. The Labute approximate surface area is 196 Å². The van der Waals surface area contributed by atoms with Crippen molar-refractivity contribution in [3.8, 4) is 0 Å². The normalized spacial score (nSPS) is 39.1. The zero-order valence-electron chi connectivity index (χ0n) is 20.0. The fraction of sp³-hybridized carbons (Fsp3) is 0.696. The summed E-state index contributed by atoms with van der Waals surface area (Å²) >= 11 is 0. The third-order valence-electron chi connectivity index (χ3n) is 6.92. The molecule has 34 heavy (non-hydrogen) atoms. The van der Waals surface area contributed by atoms with Crippen LogP contribution in [0.1, 0.15) is 60.8 Å². The summed E-state index contributed by atoms with van der Waals surface area (Å²) in [5.74, 6) is -5.23. The number of ether oxygens (including phenoxy) is 4. The second-order valence-electron chi connectivity index (χ2n) is 9.47. The lowest BCUT2D eigenvalue weighted by molar-refractivity contribution is -0.211. The van der Waals surface area contributed by atoms with E-state index in [2.05, 4.69) is 0 Å². The van der Waals surface area contributed by atoms with Crippen molar-refractivity contribution in [1.82, 2.24) is 0 Å². The molecule has 0 spiro atoms. The maximum Gasteiger partial charge on any atom is 0.341 e. The lowest BCUT2D eigenvalue weighted by Gasteiger charge is -2.41. The van der Waals surface area contributed by atoms with Crippen molar-refractivity contribution < 1.29 is 53.1 Å². The second-order valence-corrected chi connectivity index (χ2v) is 9.47. The van der Waals surface area contributed by atoms with Crippen LogP contribution in [0, 0.1) is 5.92 Å². The second kappa shape index (κ2) is 8.46. The molecule has 11 nitrogen and oxygen atoms in total. The first-order chi connectivity index (χ1) is 15.6. The summed E-state index contributed by atoms with van der Waals surface area (Å²) in [4.78, 5) is 62.2. The van der Waals surface area contributed by atoms with Gasteiger partial charge in [0.1, 0.15) is 11.7 Å². The number of rotatable bonds is 5. The number of carbonyl (C=O) groups is 5. The van der Waals surface area contributed by atoms with Gasteiger partial charge in [-0.05, 0) is 38.3 Å². The monoisotopic (exact) mass is 482 g/mol. The lowest BCUT2D eigenvalue weighted by atomic mass is 9.75. The van der Waals surface area contributed by atoms with Crippen LogP contribution < -0.4 is 0 Å². The third kappa shape index (κ3) is 3.70. The number of Topliss-reactive ketones (excluding diaryl/α,β-unsaturated/α-hetero) is 1. The van der Waals surface area contributed by atoms with Gasteiger partial charge in [-0.1, -0.05) is 6.92 Å². The van der Waals surface area contributed by atoms with Gasteiger partial charge in [0.15, 0.2) is 29.2 Å². The van der Waals surface area contributed by atoms with Gasteiger partial charge in [-0.25, -0.2) is 4.79 Å². The molecule has 7 atom stereocenters. The summed E-state index contributed by atoms with van der Waals surface area (Å²) in [5.41, 5.74) is -6.69. The first kappa shape index (κ1) is 25.8. The summed E-state index contributed by atoms with van der Waals surface area (Å²) in [6.07, 6.45) is -4.68. The fourth-order valence-corrected chi connectivity index (χ4v) is 5.36. The Bertz CT molecular complexity index is 979. The predicted octanol–water partition coefficient (Wildman–Crippen LogP) is 0.278. The maximum atomic E-state index is 13.1. The van der Waals surface area contributed by atoms with Crippen LogP contribution in [0.2, 0.25) is 0 Å². The SMILES string of the molecule is CCCC(=O)O[C@H]1C[C@](C)(OC(C)=O)C2C(=C(C)C(=O)[C@H]2OC(C)=O)[C@@H]2OC(=O)[C@@](C)(O)[C@@]12O. The molecule has 2 fully saturated rings. The first-order valence-corrected chi connectivity index (χ1v) is 11.1. The maximum absolute atomic E-state index is 13.1. The summed E-state index contributed by atoms with van der Waals surface area (Å²) in [6.45, 7) is 7.84. The molecule has 1 heterocycles. The highest BCUT2D eigenvalue weighted by atomic mass is 16.6. The van der Waals surface area contributed by atoms with Gasteiger partial charge in [0.2, 0.25) is 0 Å². The van der Waals surface area contributed by atoms with Crippen LogP contribution in [0.25, 0.3) is 0 Å². The van der Waals surface area contributed by atoms with Crippen molar-refractivity contribution in [2.75, 3.05) is 0 Å². The van der Waals surface area contributed by atoms with Crippen molar-refractivity contribution in [1.29, 1.82) is 0 Å². The molecule has 11 heteroatoms. The molecule has 0 aromatic rings. The summed E-state index contributed by atoms with van der Waals surface area (Å²) in [6, 6.07) is 0. The molecule has 1 unspecified atom stereocenters. The Balaban J connectivity index is 2.29. The van der Waals surface area contributed by atoms with Gasteiger partial charge in [0.25, 0.3) is 0 Å². The molecule has 0 aromatic carbocycles. The molecule has 0 amide bonds. The standard InChI is InChI=1S/C23H30O11/c1-7-8-14(26)32-13-9-21(5,34-12(4)25)16-15(10(2)17(27)18(16)31-11(3)24)19-23(13,30)22(6,29)20(28)33-19/h13,16,18-19,29-30H,7-9H2,1-6H3/t13-,16?,18-,19-,21-,22+,23+/m0/s1. The minimum Gasteiger partial charge on any atom is -0.459 e. The van der Waals surface area contributed by atoms with E-state index in [1.807, 2.05) is 0 Å². The molecule has 1 saturated heterocycles. The van der Waals surface area contributed by atoms with Gasteiger partial charge in [-0.15, -0.1) is 0 Å². The summed E-state index contributed by atoms with van der Waals surface area (Å²) in [7, 11) is 0. The van der Waals surface area contributed by atoms with Crippen LogP contribution in [0.4, 0.5) is 0 Å². The third-order valence-corrected chi connectivity index (χ3v) is 6.92. The lowest BCUT2D eigenvalue weighted by Crippen LogP contribution is -2.64. The van der Waals surface area contributed by atoms with Gasteiger partial charge < -0.3 is 29.2 Å². The van der Waals surface area contributed by atoms with Crippen molar-refractivity contribution >= 4 is 29.7 Å². The molecule has 188 valence electrons. The van der Waals surface area contributed by atoms with Crippen molar-refractivity contribution in [2.45, 2.75) is 95.9 Å². The molecule has 0 bridgehead atoms. The zero-order valence-corrected chi connectivity index (χ0v) is 20.0. The molecule has 1 saturated carbocycles. The van der Waals surface area contributed by atoms with Crippen molar-refractivity contribution in [2.24, 2.45) is 5.92 Å². The molecule has 3 rings (SSSR count). The van der Waals surface area contributed by atoms with Crippen molar-refractivity contribution in [3.05, 3.63) is 11.1 Å². The first-order valence-electron chi connectivity index (χ1n) is 11.1. The number of esters is 4. The van der Waals surface area contributed by atoms with Gasteiger partial charge in [-0.3, -0.25) is 19.2 Å². The van der Waals surface area contributed by atoms with E-state index in [1.165, 1.54) is 13.8 Å². The van der Waals surface area contributed by atoms with Crippen LogP contribution in [-0.2, 0) is 42.9 Å². The van der Waals surface area contributed by atoms with Crippen LogP contribution in [0.3, 0.4) is 0 Å². The minimum absolute atomic E-state index is 0.0157. The molecule has 2 aliphatic carbocycles. The largest absolute Gasteiger partial charge is 0.459 e. The van der Waals surface area contributed by atoms with Gasteiger partial charge in [-0.2, -0.15) is 0 Å². The number of hydrogen-bond acceptors (Lipinski definition) is 11. The van der Waals surface area contributed by atoms with Gasteiger partial charge in [0.05, 0.1) is 5.92 Å². The fourth-order valence-electron chi connectivity index (χ4n) is 5.36. The van der Waals surface area contributed by atoms with E-state index in [9.17, 15) is 34.2 Å². The van der Waals surface area contributed by atoms with E-state index in [1.54, 1.807) is 6.92 Å². The number of fused-ring (bicyclic) bond motifs is 3. The molecule has 0 radical (unpaired) electrons. The van der Waals surface area contributed by atoms with Crippen LogP contribution in [0.5, 0.6) is 0 Å². The Kier molecular flexibility index (Phi) is 6.42. The number of hydrogen-bond donors (Lipinski definition) is 2. The number of aliphatic hydroxyl groups is 2. The highest BCUT2D eigenvalue weighted by molar-refractivity contribution is 6.04. The Morgan fingerprint density at radius 1 is 1.09 bits per heavy atom. The Morgan fingerprint density at radius 3 is 2.24 bits per heavy atom. The topological polar surface area (TPSA) is 163 Å². The van der Waals surface area contributed by atoms with Crippen LogP contribution in [-0.4, -0.2) is 75.0 Å². The molecule has 1 aliphatic heterocycles. The molecule has 2 N–H and O–H groups in total. The van der Waals surface area contributed by atoms with E-state index in [0.29, 0.717) is 6.42 Å². The minimum atomic E-state index is -2.54. The average Bonchev–Trinajstić information content (AvgIpc) is 3.01. The van der Waals surface area contributed by atoms with Crippen LogP contribution in [0.15, 0.2) is 11.1 Å². The Morgan fingerprint density at radius 2 is 1.71 bits per heavy atom. The summed E-state index contributed by atoms with van der Waals surface area (Å²) in [5, 5.41) is 23.0. The van der Waals surface area contributed by atoms with E-state index in [0.717, 1.165) is 20.8 Å². The van der Waals surface area contributed by atoms with E-state index < -0.39 is 77.1 Å². The molecular weight excluding hydrogens is 452 g/mol.